The quantitative estimate of drug-likeness (QED) is 0.745. The number of Topliss-reactive ketones (excluding diaryl/α,β-unsaturated/α-hetero) is 1. The van der Waals surface area contributed by atoms with Crippen molar-refractivity contribution >= 4 is 23.2 Å². The molecule has 7 heteroatoms. The van der Waals surface area contributed by atoms with Crippen LogP contribution in [0.3, 0.4) is 0 Å². The molecule has 2 aromatic heterocycles. The molecule has 146 valence electrons. The minimum atomic E-state index is -0.485. The number of nitrogens with zero attached hydrogens (tertiary/aromatic N) is 3. The number of hydrogen-bond donors (Lipinski definition) is 1. The lowest BCUT2D eigenvalue weighted by molar-refractivity contribution is -0.122. The monoisotopic (exact) mass is 388 g/mol. The summed E-state index contributed by atoms with van der Waals surface area (Å²) >= 11 is 0. The highest BCUT2D eigenvalue weighted by Crippen LogP contribution is 2.35. The van der Waals surface area contributed by atoms with E-state index in [1.54, 1.807) is 28.8 Å². The Balaban J connectivity index is 1.54. The molecule has 2 N–H and O–H groups in total. The van der Waals surface area contributed by atoms with Crippen molar-refractivity contribution in [3.8, 4) is 11.1 Å². The van der Waals surface area contributed by atoms with Crippen LogP contribution in [0.5, 0.6) is 0 Å². The maximum atomic E-state index is 13.3. The SMILES string of the molecule is NC(=O)c1cccc(-c2ccc3ncc(C(=O)N4[C@@H]5CC[C@@H]4CC(=O)C5)n3c2)c1. The molecule has 7 nitrogen and oxygen atoms in total. The fraction of sp³-hybridized carbons (Fsp3) is 0.273. The molecule has 3 aromatic rings. The maximum Gasteiger partial charge on any atom is 0.273 e. The largest absolute Gasteiger partial charge is 0.366 e. The first-order chi connectivity index (χ1) is 14.0. The van der Waals surface area contributed by atoms with Crippen LogP contribution in [0.15, 0.2) is 48.8 Å². The summed E-state index contributed by atoms with van der Waals surface area (Å²) in [6.07, 6.45) is 6.10. The molecule has 2 aliphatic rings. The van der Waals surface area contributed by atoms with Gasteiger partial charge in [0, 0.05) is 36.7 Å². The lowest BCUT2D eigenvalue weighted by Gasteiger charge is -2.33. The van der Waals surface area contributed by atoms with E-state index in [-0.39, 0.29) is 23.8 Å². The predicted molar refractivity (Wildman–Crippen MR) is 106 cm³/mol. The lowest BCUT2D eigenvalue weighted by atomic mass is 10.0. The zero-order valence-electron chi connectivity index (χ0n) is 15.7. The molecule has 2 atom stereocenters. The van der Waals surface area contributed by atoms with Crippen molar-refractivity contribution in [2.45, 2.75) is 37.8 Å². The number of pyridine rings is 1. The third-order valence-electron chi connectivity index (χ3n) is 5.99. The van der Waals surface area contributed by atoms with Gasteiger partial charge in [-0.3, -0.25) is 18.8 Å². The minimum absolute atomic E-state index is 0.00488. The van der Waals surface area contributed by atoms with Gasteiger partial charge in [-0.15, -0.1) is 0 Å². The highest BCUT2D eigenvalue weighted by Gasteiger charge is 2.43. The summed E-state index contributed by atoms with van der Waals surface area (Å²) in [7, 11) is 0. The van der Waals surface area contributed by atoms with Gasteiger partial charge in [0.2, 0.25) is 5.91 Å². The number of fused-ring (bicyclic) bond motifs is 3. The summed E-state index contributed by atoms with van der Waals surface area (Å²) < 4.78 is 1.78. The molecule has 0 saturated carbocycles. The number of carbonyl (C=O) groups is 3. The summed E-state index contributed by atoms with van der Waals surface area (Å²) in [5.74, 6) is -0.321. The fourth-order valence-electron chi connectivity index (χ4n) is 4.60. The molecule has 2 aliphatic heterocycles. The van der Waals surface area contributed by atoms with E-state index in [0.29, 0.717) is 29.7 Å². The number of carbonyl (C=O) groups excluding carboxylic acids is 3. The average Bonchev–Trinajstić information content (AvgIpc) is 3.26. The molecule has 0 aliphatic carbocycles. The Morgan fingerprint density at radius 3 is 2.52 bits per heavy atom. The number of ketones is 1. The van der Waals surface area contributed by atoms with E-state index in [1.165, 1.54) is 0 Å². The normalized spacial score (nSPS) is 21.0. The van der Waals surface area contributed by atoms with Crippen molar-refractivity contribution in [2.75, 3.05) is 0 Å². The number of nitrogens with two attached hydrogens (primary N) is 1. The fourth-order valence-corrected chi connectivity index (χ4v) is 4.60. The zero-order chi connectivity index (χ0) is 20.1. The molecule has 29 heavy (non-hydrogen) atoms. The van der Waals surface area contributed by atoms with Crippen LogP contribution in [0.2, 0.25) is 0 Å². The van der Waals surface area contributed by atoms with Gasteiger partial charge in [-0.25, -0.2) is 4.98 Å². The van der Waals surface area contributed by atoms with E-state index in [1.807, 2.05) is 29.3 Å². The van der Waals surface area contributed by atoms with E-state index in [4.69, 9.17) is 5.73 Å². The molecule has 4 heterocycles. The third-order valence-corrected chi connectivity index (χ3v) is 5.99. The number of amides is 2. The number of aromatic nitrogens is 2. The van der Waals surface area contributed by atoms with Gasteiger partial charge in [0.25, 0.3) is 5.91 Å². The van der Waals surface area contributed by atoms with E-state index in [2.05, 4.69) is 4.98 Å². The molecule has 2 bridgehead atoms. The van der Waals surface area contributed by atoms with Gasteiger partial charge >= 0.3 is 0 Å². The molecular formula is C22H20N4O3. The van der Waals surface area contributed by atoms with Gasteiger partial charge in [0.1, 0.15) is 17.1 Å². The number of hydrogen-bond acceptors (Lipinski definition) is 4. The third kappa shape index (κ3) is 2.90. The van der Waals surface area contributed by atoms with E-state index < -0.39 is 5.91 Å². The van der Waals surface area contributed by atoms with E-state index in [9.17, 15) is 14.4 Å². The summed E-state index contributed by atoms with van der Waals surface area (Å²) in [5, 5.41) is 0. The summed E-state index contributed by atoms with van der Waals surface area (Å²) in [5.41, 5.74) is 8.66. The highest BCUT2D eigenvalue weighted by molar-refractivity contribution is 5.96. The van der Waals surface area contributed by atoms with Crippen LogP contribution >= 0.6 is 0 Å². The first-order valence-electron chi connectivity index (χ1n) is 9.73. The average molecular weight is 388 g/mol. The van der Waals surface area contributed by atoms with Crippen molar-refractivity contribution in [1.82, 2.24) is 14.3 Å². The Kier molecular flexibility index (Phi) is 3.97. The van der Waals surface area contributed by atoms with Crippen LogP contribution < -0.4 is 5.73 Å². The van der Waals surface area contributed by atoms with Gasteiger partial charge in [-0.1, -0.05) is 12.1 Å². The van der Waals surface area contributed by atoms with Crippen LogP contribution in [0, 0.1) is 0 Å². The number of piperidine rings is 1. The molecule has 0 radical (unpaired) electrons. The summed E-state index contributed by atoms with van der Waals surface area (Å²) in [6.45, 7) is 0. The van der Waals surface area contributed by atoms with Crippen molar-refractivity contribution in [3.05, 3.63) is 60.0 Å². The van der Waals surface area contributed by atoms with Crippen LogP contribution in [0.1, 0.15) is 46.5 Å². The van der Waals surface area contributed by atoms with Gasteiger partial charge in [-0.2, -0.15) is 0 Å². The second kappa shape index (κ2) is 6.55. The van der Waals surface area contributed by atoms with Crippen LogP contribution in [0.25, 0.3) is 16.8 Å². The molecule has 1 aromatic carbocycles. The number of benzene rings is 1. The first-order valence-corrected chi connectivity index (χ1v) is 9.73. The predicted octanol–water partition coefficient (Wildman–Crippen LogP) is 2.44. The van der Waals surface area contributed by atoms with E-state index >= 15 is 0 Å². The zero-order valence-corrected chi connectivity index (χ0v) is 15.7. The summed E-state index contributed by atoms with van der Waals surface area (Å²) in [6, 6.07) is 10.8. The highest BCUT2D eigenvalue weighted by atomic mass is 16.2. The maximum absolute atomic E-state index is 13.3. The lowest BCUT2D eigenvalue weighted by Crippen LogP contribution is -2.47. The van der Waals surface area contributed by atoms with Gasteiger partial charge < -0.3 is 10.6 Å². The van der Waals surface area contributed by atoms with Crippen molar-refractivity contribution in [1.29, 1.82) is 0 Å². The first kappa shape index (κ1) is 17.6. The van der Waals surface area contributed by atoms with Crippen LogP contribution in [-0.4, -0.2) is 44.0 Å². The van der Waals surface area contributed by atoms with Gasteiger partial charge in [0.05, 0.1) is 6.20 Å². The number of rotatable bonds is 3. The second-order valence-electron chi connectivity index (χ2n) is 7.78. The number of primary amides is 1. The number of imidazole rings is 1. The molecular weight excluding hydrogens is 368 g/mol. The topological polar surface area (TPSA) is 97.8 Å². The Morgan fingerprint density at radius 2 is 1.79 bits per heavy atom. The van der Waals surface area contributed by atoms with E-state index in [0.717, 1.165) is 24.0 Å². The van der Waals surface area contributed by atoms with Crippen molar-refractivity contribution in [3.63, 3.8) is 0 Å². The molecule has 2 amide bonds. The Bertz CT molecular complexity index is 1150. The van der Waals surface area contributed by atoms with Gasteiger partial charge in [-0.05, 0) is 48.2 Å². The molecule has 2 fully saturated rings. The van der Waals surface area contributed by atoms with Crippen molar-refractivity contribution < 1.29 is 14.4 Å². The standard InChI is InChI=1S/C22H20N4O3/c23-21(28)14-3-1-2-13(8-14)15-4-7-20-24-11-19(25(20)12-15)22(29)26-16-5-6-17(26)10-18(27)9-16/h1-4,7-8,11-12,16-17H,5-6,9-10H2,(H2,23,28)/t16-,17-/m1/s1. The Labute approximate surface area is 167 Å². The van der Waals surface area contributed by atoms with Crippen LogP contribution in [-0.2, 0) is 4.79 Å². The van der Waals surface area contributed by atoms with Crippen LogP contribution in [0.4, 0.5) is 0 Å². The molecule has 2 saturated heterocycles. The molecule has 0 unspecified atom stereocenters. The molecule has 0 spiro atoms. The van der Waals surface area contributed by atoms with Crippen molar-refractivity contribution in [2.24, 2.45) is 5.73 Å². The smallest absolute Gasteiger partial charge is 0.273 e. The second-order valence-corrected chi connectivity index (χ2v) is 7.78. The molecule has 5 rings (SSSR count). The minimum Gasteiger partial charge on any atom is -0.366 e. The van der Waals surface area contributed by atoms with Gasteiger partial charge in [0.15, 0.2) is 0 Å². The Hall–Kier alpha value is -3.48. The summed E-state index contributed by atoms with van der Waals surface area (Å²) in [4.78, 5) is 43.0. The Morgan fingerprint density at radius 1 is 1.03 bits per heavy atom.